The molecule has 0 radical (unpaired) electrons. The molecule has 0 bridgehead atoms. The number of hydrogen-bond acceptors (Lipinski definition) is 3. The van der Waals surface area contributed by atoms with Gasteiger partial charge in [0.1, 0.15) is 11.5 Å². The maximum Gasteiger partial charge on any atom is 0.123 e. The van der Waals surface area contributed by atoms with Gasteiger partial charge in [-0.1, -0.05) is 11.6 Å². The summed E-state index contributed by atoms with van der Waals surface area (Å²) >= 11 is 5.99. The Bertz CT molecular complexity index is 536. The van der Waals surface area contributed by atoms with Crippen LogP contribution < -0.4 is 10.5 Å². The molecule has 0 aliphatic carbocycles. The first-order chi connectivity index (χ1) is 8.61. The van der Waals surface area contributed by atoms with Crippen LogP contribution in [0.15, 0.2) is 34.9 Å². The molecule has 2 aromatic rings. The molecule has 0 aliphatic rings. The molecular weight excluding hydrogens is 250 g/mol. The van der Waals surface area contributed by atoms with Gasteiger partial charge in [0, 0.05) is 5.02 Å². The van der Waals surface area contributed by atoms with Crippen LogP contribution >= 0.6 is 11.6 Å². The number of hydrogen-bond donors (Lipinski definition) is 1. The highest BCUT2D eigenvalue weighted by Crippen LogP contribution is 2.28. The quantitative estimate of drug-likeness (QED) is 0.921. The SMILES string of the molecule is COc1ccc(Cl)cc1CC(N)c1occc1C. The second kappa shape index (κ2) is 5.46. The van der Waals surface area contributed by atoms with Crippen LogP contribution in [0.4, 0.5) is 0 Å². The summed E-state index contributed by atoms with van der Waals surface area (Å²) in [5.41, 5.74) is 8.19. The molecule has 4 heteroatoms. The van der Waals surface area contributed by atoms with Crippen LogP contribution in [-0.2, 0) is 6.42 Å². The zero-order chi connectivity index (χ0) is 13.1. The minimum absolute atomic E-state index is 0.202. The summed E-state index contributed by atoms with van der Waals surface area (Å²) < 4.78 is 10.7. The number of methoxy groups -OCH3 is 1. The molecule has 2 rings (SSSR count). The standard InChI is InChI=1S/C14H16ClNO2/c1-9-5-6-18-14(9)12(16)8-10-7-11(15)3-4-13(10)17-2/h3-7,12H,8,16H2,1-2H3. The van der Waals surface area contributed by atoms with Gasteiger partial charge in [0.2, 0.25) is 0 Å². The summed E-state index contributed by atoms with van der Waals surface area (Å²) in [6.45, 7) is 1.98. The number of ether oxygens (including phenoxy) is 1. The van der Waals surface area contributed by atoms with Crippen molar-refractivity contribution in [2.75, 3.05) is 7.11 Å². The largest absolute Gasteiger partial charge is 0.496 e. The van der Waals surface area contributed by atoms with Crippen LogP contribution in [0.3, 0.4) is 0 Å². The summed E-state index contributed by atoms with van der Waals surface area (Å²) in [6.07, 6.45) is 2.28. The van der Waals surface area contributed by atoms with Gasteiger partial charge in [-0.15, -0.1) is 0 Å². The van der Waals surface area contributed by atoms with E-state index in [9.17, 15) is 0 Å². The van der Waals surface area contributed by atoms with Crippen molar-refractivity contribution in [3.05, 3.63) is 52.4 Å². The van der Waals surface area contributed by atoms with Gasteiger partial charge in [-0.3, -0.25) is 0 Å². The van der Waals surface area contributed by atoms with E-state index < -0.39 is 0 Å². The van der Waals surface area contributed by atoms with E-state index in [1.807, 2.05) is 25.1 Å². The van der Waals surface area contributed by atoms with E-state index >= 15 is 0 Å². The Balaban J connectivity index is 2.23. The third kappa shape index (κ3) is 2.68. The Labute approximate surface area is 111 Å². The van der Waals surface area contributed by atoms with Gasteiger partial charge in [0.25, 0.3) is 0 Å². The lowest BCUT2D eigenvalue weighted by Gasteiger charge is -2.13. The Morgan fingerprint density at radius 1 is 1.39 bits per heavy atom. The number of aryl methyl sites for hydroxylation is 1. The van der Waals surface area contributed by atoms with Crippen LogP contribution in [0.1, 0.15) is 22.9 Å². The monoisotopic (exact) mass is 265 g/mol. The van der Waals surface area contributed by atoms with Crippen molar-refractivity contribution in [2.24, 2.45) is 5.73 Å². The Morgan fingerprint density at radius 3 is 2.78 bits per heavy atom. The fourth-order valence-electron chi connectivity index (χ4n) is 2.00. The number of benzene rings is 1. The molecule has 1 atom stereocenters. The van der Waals surface area contributed by atoms with Gasteiger partial charge >= 0.3 is 0 Å². The summed E-state index contributed by atoms with van der Waals surface area (Å²) in [7, 11) is 1.64. The molecule has 0 aliphatic heterocycles. The van der Waals surface area contributed by atoms with Crippen LogP contribution in [0.5, 0.6) is 5.75 Å². The Kier molecular flexibility index (Phi) is 3.94. The minimum Gasteiger partial charge on any atom is -0.496 e. The zero-order valence-electron chi connectivity index (χ0n) is 10.4. The molecule has 96 valence electrons. The zero-order valence-corrected chi connectivity index (χ0v) is 11.2. The lowest BCUT2D eigenvalue weighted by Crippen LogP contribution is -2.14. The smallest absolute Gasteiger partial charge is 0.123 e. The maximum atomic E-state index is 6.15. The first-order valence-electron chi connectivity index (χ1n) is 5.74. The van der Waals surface area contributed by atoms with Gasteiger partial charge in [-0.05, 0) is 48.7 Å². The number of rotatable bonds is 4. The van der Waals surface area contributed by atoms with Crippen LogP contribution in [0.2, 0.25) is 5.02 Å². The Hall–Kier alpha value is -1.45. The highest BCUT2D eigenvalue weighted by atomic mass is 35.5. The molecule has 0 fully saturated rings. The highest BCUT2D eigenvalue weighted by molar-refractivity contribution is 6.30. The van der Waals surface area contributed by atoms with Crippen molar-refractivity contribution < 1.29 is 9.15 Å². The van der Waals surface area contributed by atoms with E-state index in [-0.39, 0.29) is 6.04 Å². The van der Waals surface area contributed by atoms with Crippen molar-refractivity contribution in [3.63, 3.8) is 0 Å². The summed E-state index contributed by atoms with van der Waals surface area (Å²) in [5, 5.41) is 0.675. The van der Waals surface area contributed by atoms with Crippen molar-refractivity contribution in [1.29, 1.82) is 0 Å². The highest BCUT2D eigenvalue weighted by Gasteiger charge is 2.15. The van der Waals surface area contributed by atoms with Crippen molar-refractivity contribution >= 4 is 11.6 Å². The fourth-order valence-corrected chi connectivity index (χ4v) is 2.20. The Morgan fingerprint density at radius 2 is 2.17 bits per heavy atom. The molecule has 3 nitrogen and oxygen atoms in total. The second-order valence-electron chi connectivity index (χ2n) is 4.23. The lowest BCUT2D eigenvalue weighted by molar-refractivity contribution is 0.404. The van der Waals surface area contributed by atoms with Gasteiger partial charge in [0.05, 0.1) is 19.4 Å². The summed E-state index contributed by atoms with van der Waals surface area (Å²) in [5.74, 6) is 1.59. The van der Waals surface area contributed by atoms with Gasteiger partial charge in [-0.25, -0.2) is 0 Å². The average Bonchev–Trinajstić information content (AvgIpc) is 2.76. The van der Waals surface area contributed by atoms with Crippen molar-refractivity contribution in [2.45, 2.75) is 19.4 Å². The van der Waals surface area contributed by atoms with Crippen molar-refractivity contribution in [1.82, 2.24) is 0 Å². The lowest BCUT2D eigenvalue weighted by atomic mass is 10.0. The summed E-state index contributed by atoms with van der Waals surface area (Å²) in [4.78, 5) is 0. The first kappa shape index (κ1) is 13.0. The molecule has 1 aromatic carbocycles. The molecule has 0 saturated heterocycles. The third-order valence-electron chi connectivity index (χ3n) is 2.92. The van der Waals surface area contributed by atoms with E-state index in [0.717, 1.165) is 22.6 Å². The number of furan rings is 1. The molecule has 2 N–H and O–H groups in total. The molecule has 1 unspecified atom stereocenters. The first-order valence-corrected chi connectivity index (χ1v) is 6.11. The van der Waals surface area contributed by atoms with E-state index in [0.29, 0.717) is 11.4 Å². The average molecular weight is 266 g/mol. The van der Waals surface area contributed by atoms with Crippen molar-refractivity contribution in [3.8, 4) is 5.75 Å². The van der Waals surface area contributed by atoms with Crippen LogP contribution in [0.25, 0.3) is 0 Å². The second-order valence-corrected chi connectivity index (χ2v) is 4.67. The van der Waals surface area contributed by atoms with Crippen LogP contribution in [0, 0.1) is 6.92 Å². The molecule has 18 heavy (non-hydrogen) atoms. The maximum absolute atomic E-state index is 6.15. The topological polar surface area (TPSA) is 48.4 Å². The van der Waals surface area contributed by atoms with E-state index in [1.165, 1.54) is 0 Å². The number of halogens is 1. The van der Waals surface area contributed by atoms with E-state index in [4.69, 9.17) is 26.5 Å². The van der Waals surface area contributed by atoms with Gasteiger partial charge in [0.15, 0.2) is 0 Å². The predicted molar refractivity (Wildman–Crippen MR) is 72.1 cm³/mol. The minimum atomic E-state index is -0.202. The molecule has 0 amide bonds. The molecular formula is C14H16ClNO2. The van der Waals surface area contributed by atoms with E-state index in [2.05, 4.69) is 0 Å². The summed E-state index contributed by atoms with van der Waals surface area (Å²) in [6, 6.07) is 7.22. The van der Waals surface area contributed by atoms with Gasteiger partial charge in [-0.2, -0.15) is 0 Å². The fraction of sp³-hybridized carbons (Fsp3) is 0.286. The predicted octanol–water partition coefficient (Wildman–Crippen LogP) is 3.49. The van der Waals surface area contributed by atoms with E-state index in [1.54, 1.807) is 19.4 Å². The molecule has 0 saturated carbocycles. The van der Waals surface area contributed by atoms with Crippen LogP contribution in [-0.4, -0.2) is 7.11 Å². The molecule has 1 heterocycles. The molecule has 1 aromatic heterocycles. The number of nitrogens with two attached hydrogens (primary N) is 1. The third-order valence-corrected chi connectivity index (χ3v) is 3.16. The van der Waals surface area contributed by atoms with Gasteiger partial charge < -0.3 is 14.9 Å². The normalized spacial score (nSPS) is 12.4. The molecule has 0 spiro atoms.